The average molecular weight is 247 g/mol. The molecule has 0 aliphatic heterocycles. The highest BCUT2D eigenvalue weighted by molar-refractivity contribution is 7.60. The number of hydrogen-bond acceptors (Lipinski definition) is 4. The molecule has 84 valence electrons. The molecule has 0 aliphatic carbocycles. The Balaban J connectivity index is 4.32. The maximum absolute atomic E-state index is 10.9. The van der Waals surface area contributed by atoms with Gasteiger partial charge in [-0.1, -0.05) is 5.57 Å². The fourth-order valence-corrected chi connectivity index (χ4v) is 1.92. The third-order valence-electron chi connectivity index (χ3n) is 0.849. The molecule has 0 aromatic rings. The minimum absolute atomic E-state index is 0.0466. The fourth-order valence-electron chi connectivity index (χ4n) is 0.427. The van der Waals surface area contributed by atoms with E-state index in [4.69, 9.17) is 16.1 Å². The topological polar surface area (TPSA) is 113 Å². The Morgan fingerprint density at radius 3 is 2.36 bits per heavy atom. The highest BCUT2D eigenvalue weighted by Crippen LogP contribution is 2.57. The molecule has 0 aliphatic rings. The van der Waals surface area contributed by atoms with Crippen molar-refractivity contribution >= 4 is 15.6 Å². The summed E-state index contributed by atoms with van der Waals surface area (Å²) >= 11 is 0. The Bertz CT molecular complexity index is 323. The highest BCUT2D eigenvalue weighted by Gasteiger charge is 2.31. The summed E-state index contributed by atoms with van der Waals surface area (Å²) in [5.41, 5.74) is 0.520. The van der Waals surface area contributed by atoms with Crippen LogP contribution in [0.1, 0.15) is 14.7 Å². The quantitative estimate of drug-likeness (QED) is 0.477. The van der Waals surface area contributed by atoms with E-state index in [-0.39, 0.29) is 6.42 Å². The van der Waals surface area contributed by atoms with Crippen molar-refractivity contribution in [2.45, 2.75) is 13.3 Å². The van der Waals surface area contributed by atoms with E-state index < -0.39 is 22.2 Å². The van der Waals surface area contributed by atoms with Gasteiger partial charge < -0.3 is 14.7 Å². The molecule has 0 heterocycles. The molecule has 0 rings (SSSR count). The van der Waals surface area contributed by atoms with Gasteiger partial charge in [0.2, 0.25) is 0 Å². The van der Waals surface area contributed by atoms with Gasteiger partial charge in [-0.3, -0.25) is 4.52 Å². The van der Waals surface area contributed by atoms with Crippen molar-refractivity contribution in [2.24, 2.45) is 0 Å². The van der Waals surface area contributed by atoms with Gasteiger partial charge in [-0.05, 0) is 13.3 Å². The average Bonchev–Trinajstić information content (AvgIpc) is 1.73. The minimum atomic E-state index is -5.12. The molecule has 0 fully saturated rings. The Hall–Kier alpha value is -0.0000000000000000416. The van der Waals surface area contributed by atoms with Gasteiger partial charge in [-0.25, -0.2) is 9.13 Å². The molecule has 0 saturated heterocycles. The van der Waals surface area contributed by atoms with Gasteiger partial charge in [0, 0.05) is 0 Å². The molecule has 2 atom stereocenters. The third kappa shape index (κ3) is 8.59. The second-order valence-electron chi connectivity index (χ2n) is 2.47. The van der Waals surface area contributed by atoms with E-state index in [1.165, 1.54) is 0 Å². The highest BCUT2D eigenvalue weighted by atomic mass is 31.3. The van der Waals surface area contributed by atoms with Crippen LogP contribution in [0.3, 0.4) is 0 Å². The molecule has 0 aromatic heterocycles. The Kier molecular flexibility index (Phi) is 4.47. The molecule has 0 radical (unpaired) electrons. The first-order chi connectivity index (χ1) is 6.52. The molecule has 9 heteroatoms. The Morgan fingerprint density at radius 1 is 1.50 bits per heavy atom. The lowest BCUT2D eigenvalue weighted by Crippen LogP contribution is -1.96. The summed E-state index contributed by atoms with van der Waals surface area (Å²) in [5, 5.41) is 0. The molecule has 0 aromatic carbocycles. The van der Waals surface area contributed by atoms with E-state index in [1.807, 2.05) is 0 Å². The molecule has 3 N–H and O–H groups in total. The van der Waals surface area contributed by atoms with Crippen LogP contribution in [0.25, 0.3) is 0 Å². The monoisotopic (exact) mass is 247 g/mol. The summed E-state index contributed by atoms with van der Waals surface area (Å²) in [6, 6.07) is 0. The van der Waals surface area contributed by atoms with Gasteiger partial charge in [0.25, 0.3) is 0 Å². The smallest absolute Gasteiger partial charge is 0.302 e. The zero-order valence-corrected chi connectivity index (χ0v) is 9.15. The van der Waals surface area contributed by atoms with Crippen molar-refractivity contribution in [1.82, 2.24) is 0 Å². The standard InChI is InChI=1S/C5H12O7P2/c1-5(2)3-4-11-14(9,10)12-13(6,7)8/h1,3-4H2,2H3,(H,9,10)(H2,6,7,8)/i4D. The van der Waals surface area contributed by atoms with E-state index in [9.17, 15) is 9.13 Å². The SMILES string of the molecule is [2H]C(CC(=C)C)OP(=O)(O)OP(=O)(O)O. The maximum atomic E-state index is 10.9. The van der Waals surface area contributed by atoms with E-state index in [0.29, 0.717) is 5.57 Å². The van der Waals surface area contributed by atoms with Gasteiger partial charge in [0.05, 0.1) is 7.95 Å². The number of rotatable bonds is 6. The lowest BCUT2D eigenvalue weighted by Gasteiger charge is -2.11. The summed E-state index contributed by atoms with van der Waals surface area (Å²) < 4.78 is 35.9. The van der Waals surface area contributed by atoms with E-state index in [0.717, 1.165) is 0 Å². The molecule has 0 spiro atoms. The second-order valence-corrected chi connectivity index (χ2v) is 5.26. The molecule has 0 bridgehead atoms. The van der Waals surface area contributed by atoms with Crippen LogP contribution in [-0.2, 0) is 18.0 Å². The fraction of sp³-hybridized carbons (Fsp3) is 0.600. The van der Waals surface area contributed by atoms with Crippen molar-refractivity contribution in [3.8, 4) is 0 Å². The molecule has 2 unspecified atom stereocenters. The van der Waals surface area contributed by atoms with Crippen molar-refractivity contribution in [2.75, 3.05) is 6.58 Å². The van der Waals surface area contributed by atoms with Crippen LogP contribution >= 0.6 is 15.6 Å². The molecule has 14 heavy (non-hydrogen) atoms. The van der Waals surface area contributed by atoms with E-state index in [2.05, 4.69) is 15.4 Å². The van der Waals surface area contributed by atoms with Gasteiger partial charge in [0.1, 0.15) is 0 Å². The van der Waals surface area contributed by atoms with Crippen LogP contribution in [0, 0.1) is 0 Å². The summed E-state index contributed by atoms with van der Waals surface area (Å²) in [4.78, 5) is 25.3. The number of phosphoric acid groups is 2. The predicted molar refractivity (Wildman–Crippen MR) is 48.3 cm³/mol. The van der Waals surface area contributed by atoms with Crippen molar-refractivity contribution in [3.63, 3.8) is 0 Å². The second kappa shape index (κ2) is 5.19. The Morgan fingerprint density at radius 2 is 2.00 bits per heavy atom. The first-order valence-corrected chi connectivity index (χ1v) is 6.39. The summed E-state index contributed by atoms with van der Waals surface area (Å²) in [5.74, 6) is 0. The van der Waals surface area contributed by atoms with Crippen LogP contribution in [-0.4, -0.2) is 21.3 Å². The van der Waals surface area contributed by atoms with Gasteiger partial charge >= 0.3 is 15.6 Å². The lowest BCUT2D eigenvalue weighted by molar-refractivity contribution is 0.180. The molecule has 0 amide bonds. The van der Waals surface area contributed by atoms with Crippen LogP contribution in [0.4, 0.5) is 0 Å². The van der Waals surface area contributed by atoms with Crippen LogP contribution < -0.4 is 0 Å². The van der Waals surface area contributed by atoms with Crippen molar-refractivity contribution < 1.29 is 34.0 Å². The number of hydrogen-bond donors (Lipinski definition) is 3. The Labute approximate surface area is 82.6 Å². The molecular formula is C5H12O7P2. The van der Waals surface area contributed by atoms with Gasteiger partial charge in [-0.15, -0.1) is 6.58 Å². The van der Waals surface area contributed by atoms with E-state index >= 15 is 0 Å². The van der Waals surface area contributed by atoms with Crippen LogP contribution in [0.15, 0.2) is 12.2 Å². The summed E-state index contributed by atoms with van der Waals surface area (Å²) in [6.07, 6.45) is -0.0466. The van der Waals surface area contributed by atoms with E-state index in [1.54, 1.807) is 6.92 Å². The first-order valence-electron chi connectivity index (χ1n) is 3.94. The molecular weight excluding hydrogens is 234 g/mol. The van der Waals surface area contributed by atoms with Crippen molar-refractivity contribution in [1.29, 1.82) is 0 Å². The lowest BCUT2D eigenvalue weighted by atomic mass is 10.3. The zero-order valence-electron chi connectivity index (χ0n) is 8.36. The zero-order chi connectivity index (χ0) is 12.3. The first kappa shape index (κ1) is 12.1. The summed E-state index contributed by atoms with van der Waals surface area (Å²) in [6.45, 7) is 3.53. The summed E-state index contributed by atoms with van der Waals surface area (Å²) in [7, 11) is -10.0. The van der Waals surface area contributed by atoms with Gasteiger partial charge in [0.15, 0.2) is 0 Å². The van der Waals surface area contributed by atoms with Crippen LogP contribution in [0.2, 0.25) is 0 Å². The molecule has 7 nitrogen and oxygen atoms in total. The largest absolute Gasteiger partial charge is 0.481 e. The third-order valence-corrected chi connectivity index (χ3v) is 2.94. The normalized spacial score (nSPS) is 19.6. The minimum Gasteiger partial charge on any atom is -0.302 e. The molecule has 0 saturated carbocycles. The number of phosphoric ester groups is 1. The van der Waals surface area contributed by atoms with Gasteiger partial charge in [-0.2, -0.15) is 4.31 Å². The maximum Gasteiger partial charge on any atom is 0.481 e. The predicted octanol–water partition coefficient (Wildman–Crippen LogP) is 1.18. The van der Waals surface area contributed by atoms with Crippen LogP contribution in [0.5, 0.6) is 0 Å². The van der Waals surface area contributed by atoms with Crippen molar-refractivity contribution in [3.05, 3.63) is 12.2 Å².